The molecule has 0 radical (unpaired) electrons. The number of hydrogen-bond donors (Lipinski definition) is 2. The van der Waals surface area contributed by atoms with Crippen molar-refractivity contribution in [3.63, 3.8) is 0 Å². The van der Waals surface area contributed by atoms with E-state index in [1.807, 2.05) is 0 Å². The van der Waals surface area contributed by atoms with Crippen molar-refractivity contribution < 1.29 is 19.0 Å². The summed E-state index contributed by atoms with van der Waals surface area (Å²) >= 11 is 0. The molecular formula is C15H16FN3O3. The molecule has 1 aromatic heterocycles. The van der Waals surface area contributed by atoms with Crippen LogP contribution >= 0.6 is 0 Å². The van der Waals surface area contributed by atoms with Crippen LogP contribution in [-0.2, 0) is 11.2 Å². The molecule has 22 heavy (non-hydrogen) atoms. The zero-order chi connectivity index (χ0) is 15.9. The third kappa shape index (κ3) is 4.49. The fourth-order valence-corrected chi connectivity index (χ4v) is 1.84. The Morgan fingerprint density at radius 2 is 2.05 bits per heavy atom. The molecule has 0 bridgehead atoms. The van der Waals surface area contributed by atoms with E-state index in [1.54, 1.807) is 19.2 Å². The molecule has 1 heterocycles. The summed E-state index contributed by atoms with van der Waals surface area (Å²) in [6.45, 7) is 0.974. The van der Waals surface area contributed by atoms with Crippen LogP contribution in [0.1, 0.15) is 21.9 Å². The van der Waals surface area contributed by atoms with Crippen LogP contribution in [0.5, 0.6) is 0 Å². The van der Waals surface area contributed by atoms with Crippen LogP contribution < -0.4 is 5.32 Å². The topological polar surface area (TPSA) is 84.3 Å². The van der Waals surface area contributed by atoms with E-state index in [9.17, 15) is 9.18 Å². The van der Waals surface area contributed by atoms with Gasteiger partial charge in [0.05, 0.1) is 6.61 Å². The summed E-state index contributed by atoms with van der Waals surface area (Å²) in [4.78, 5) is 19.4. The molecular weight excluding hydrogens is 289 g/mol. The molecule has 0 fully saturated rings. The van der Waals surface area contributed by atoms with Gasteiger partial charge in [0.1, 0.15) is 17.5 Å². The van der Waals surface area contributed by atoms with Gasteiger partial charge in [-0.2, -0.15) is 0 Å². The molecule has 0 aliphatic rings. The number of nitrogens with zero attached hydrogens (tertiary/aromatic N) is 2. The fourth-order valence-electron chi connectivity index (χ4n) is 1.84. The molecule has 6 nitrogen and oxygen atoms in total. The maximum absolute atomic E-state index is 12.9. The number of nitrogens with one attached hydrogen (secondary N) is 1. The first-order valence-electron chi connectivity index (χ1n) is 6.67. The molecule has 0 saturated carbocycles. The highest BCUT2D eigenvalue weighted by atomic mass is 19.1. The van der Waals surface area contributed by atoms with Gasteiger partial charge in [0.25, 0.3) is 0 Å². The Morgan fingerprint density at radius 3 is 2.68 bits per heavy atom. The highest BCUT2D eigenvalue weighted by molar-refractivity contribution is 5.86. The molecule has 1 aromatic carbocycles. The number of ether oxygens (including phenoxy) is 1. The summed E-state index contributed by atoms with van der Waals surface area (Å²) in [5.74, 6) is -0.684. The third-order valence-corrected chi connectivity index (χ3v) is 2.88. The van der Waals surface area contributed by atoms with E-state index >= 15 is 0 Å². The van der Waals surface area contributed by atoms with Crippen LogP contribution in [0.15, 0.2) is 30.3 Å². The molecule has 0 unspecified atom stereocenters. The predicted octanol–water partition coefficient (Wildman–Crippen LogP) is 1.96. The Morgan fingerprint density at radius 1 is 1.32 bits per heavy atom. The van der Waals surface area contributed by atoms with Crippen molar-refractivity contribution in [2.75, 3.05) is 25.6 Å². The van der Waals surface area contributed by atoms with Crippen LogP contribution in [0.2, 0.25) is 0 Å². The molecule has 2 aromatic rings. The average Bonchev–Trinajstić information content (AvgIpc) is 2.50. The van der Waals surface area contributed by atoms with Crippen molar-refractivity contribution >= 4 is 11.8 Å². The summed E-state index contributed by atoms with van der Waals surface area (Å²) in [5, 5.41) is 12.1. The van der Waals surface area contributed by atoms with Gasteiger partial charge in [0, 0.05) is 26.1 Å². The van der Waals surface area contributed by atoms with Crippen molar-refractivity contribution in [2.45, 2.75) is 6.42 Å². The van der Waals surface area contributed by atoms with Gasteiger partial charge in [0.15, 0.2) is 5.69 Å². The summed E-state index contributed by atoms with van der Waals surface area (Å²) in [6, 6.07) is 7.28. The summed E-state index contributed by atoms with van der Waals surface area (Å²) in [7, 11) is 1.57. The van der Waals surface area contributed by atoms with Crippen molar-refractivity contribution in [1.29, 1.82) is 0 Å². The molecule has 0 spiro atoms. The first kappa shape index (κ1) is 15.8. The number of carbonyl (C=O) groups is 1. The van der Waals surface area contributed by atoms with Crippen molar-refractivity contribution in [1.82, 2.24) is 9.97 Å². The monoisotopic (exact) mass is 305 g/mol. The van der Waals surface area contributed by atoms with E-state index in [1.165, 1.54) is 18.2 Å². The standard InChI is InChI=1S/C15H16FN3O3/c1-22-7-6-17-13-9-12(15(20)21)18-14(19-13)8-10-2-4-11(16)5-3-10/h2-5,9H,6-8H2,1H3,(H,20,21)(H,17,18,19). The van der Waals surface area contributed by atoms with Gasteiger partial charge in [-0.25, -0.2) is 19.2 Å². The van der Waals surface area contributed by atoms with Crippen molar-refractivity contribution in [3.8, 4) is 0 Å². The molecule has 7 heteroatoms. The number of anilines is 1. The van der Waals surface area contributed by atoms with Crippen LogP contribution in [-0.4, -0.2) is 41.3 Å². The minimum atomic E-state index is -1.13. The zero-order valence-corrected chi connectivity index (χ0v) is 12.0. The Kier molecular flexibility index (Phi) is 5.37. The number of carboxylic acid groups (broad SMARTS) is 1. The van der Waals surface area contributed by atoms with Crippen LogP contribution in [0.4, 0.5) is 10.2 Å². The average molecular weight is 305 g/mol. The lowest BCUT2D eigenvalue weighted by Crippen LogP contribution is -2.13. The number of benzene rings is 1. The minimum Gasteiger partial charge on any atom is -0.477 e. The largest absolute Gasteiger partial charge is 0.477 e. The highest BCUT2D eigenvalue weighted by Gasteiger charge is 2.11. The Hall–Kier alpha value is -2.54. The lowest BCUT2D eigenvalue weighted by Gasteiger charge is -2.08. The maximum Gasteiger partial charge on any atom is 0.354 e. The molecule has 116 valence electrons. The summed E-state index contributed by atoms with van der Waals surface area (Å²) in [6.07, 6.45) is 0.320. The number of hydrogen-bond acceptors (Lipinski definition) is 5. The Bertz CT molecular complexity index is 647. The summed E-state index contributed by atoms with van der Waals surface area (Å²) in [5.41, 5.74) is 0.707. The molecule has 2 N–H and O–H groups in total. The number of methoxy groups -OCH3 is 1. The zero-order valence-electron chi connectivity index (χ0n) is 12.0. The van der Waals surface area contributed by atoms with Crippen molar-refractivity contribution in [3.05, 3.63) is 53.2 Å². The molecule has 0 aliphatic heterocycles. The second-order valence-electron chi connectivity index (χ2n) is 4.58. The van der Waals surface area contributed by atoms with Gasteiger partial charge < -0.3 is 15.2 Å². The first-order valence-corrected chi connectivity index (χ1v) is 6.67. The third-order valence-electron chi connectivity index (χ3n) is 2.88. The van der Waals surface area contributed by atoms with Gasteiger partial charge >= 0.3 is 5.97 Å². The number of aromatic nitrogens is 2. The van der Waals surface area contributed by atoms with E-state index in [0.717, 1.165) is 5.56 Å². The quantitative estimate of drug-likeness (QED) is 0.761. The first-order chi connectivity index (χ1) is 10.6. The number of rotatable bonds is 7. The number of halogens is 1. The minimum absolute atomic E-state index is 0.0907. The van der Waals surface area contributed by atoms with E-state index in [-0.39, 0.29) is 11.5 Å². The van der Waals surface area contributed by atoms with Crippen LogP contribution in [0.25, 0.3) is 0 Å². The SMILES string of the molecule is COCCNc1cc(C(=O)O)nc(Cc2ccc(F)cc2)n1. The predicted molar refractivity (Wildman–Crippen MR) is 78.6 cm³/mol. The molecule has 0 amide bonds. The van der Waals surface area contributed by atoms with E-state index < -0.39 is 5.97 Å². The molecule has 0 atom stereocenters. The van der Waals surface area contributed by atoms with Crippen molar-refractivity contribution in [2.24, 2.45) is 0 Å². The van der Waals surface area contributed by atoms with Gasteiger partial charge in [-0.1, -0.05) is 12.1 Å². The Balaban J connectivity index is 2.21. The molecule has 0 aliphatic carbocycles. The van der Waals surface area contributed by atoms with E-state index in [4.69, 9.17) is 9.84 Å². The van der Waals surface area contributed by atoms with Gasteiger partial charge in [-0.3, -0.25) is 0 Å². The lowest BCUT2D eigenvalue weighted by molar-refractivity contribution is 0.0690. The van der Waals surface area contributed by atoms with Crippen LogP contribution in [0.3, 0.4) is 0 Å². The van der Waals surface area contributed by atoms with Gasteiger partial charge in [-0.05, 0) is 17.7 Å². The maximum atomic E-state index is 12.9. The van der Waals surface area contributed by atoms with Crippen LogP contribution in [0, 0.1) is 5.82 Å². The second-order valence-corrected chi connectivity index (χ2v) is 4.58. The molecule has 0 saturated heterocycles. The van der Waals surface area contributed by atoms with Gasteiger partial charge in [0.2, 0.25) is 0 Å². The fraction of sp³-hybridized carbons (Fsp3) is 0.267. The van der Waals surface area contributed by atoms with E-state index in [0.29, 0.717) is 31.2 Å². The Labute approximate surface area is 127 Å². The lowest BCUT2D eigenvalue weighted by atomic mass is 10.1. The number of aromatic carboxylic acids is 1. The smallest absolute Gasteiger partial charge is 0.354 e. The van der Waals surface area contributed by atoms with Gasteiger partial charge in [-0.15, -0.1) is 0 Å². The molecule has 2 rings (SSSR count). The number of carboxylic acids is 1. The second kappa shape index (κ2) is 7.46. The summed E-state index contributed by atoms with van der Waals surface area (Å²) < 4.78 is 17.8. The normalized spacial score (nSPS) is 10.5. The van der Waals surface area contributed by atoms with E-state index in [2.05, 4.69) is 15.3 Å². The highest BCUT2D eigenvalue weighted by Crippen LogP contribution is 2.12.